The Labute approximate surface area is 241 Å². The van der Waals surface area contributed by atoms with Crippen LogP contribution in [0.4, 0.5) is 0 Å². The smallest absolute Gasteiger partial charge is 0.373 e. The summed E-state index contributed by atoms with van der Waals surface area (Å²) >= 11 is 0. The van der Waals surface area contributed by atoms with Gasteiger partial charge in [-0.3, -0.25) is 0 Å². The fraction of sp³-hybridized carbons (Fsp3) is 0.743. The zero-order valence-corrected chi connectivity index (χ0v) is 25.6. The Bertz CT molecular complexity index is 1250. The molecule has 5 heteroatoms. The van der Waals surface area contributed by atoms with Crippen LogP contribution in [0, 0.1) is 56.7 Å². The molecule has 2 N–H and O–H groups in total. The Kier molecular flexibility index (Phi) is 6.32. The van der Waals surface area contributed by atoms with Crippen molar-refractivity contribution in [2.45, 2.75) is 99.3 Å². The van der Waals surface area contributed by atoms with E-state index in [-0.39, 0.29) is 32.9 Å². The first-order chi connectivity index (χ1) is 18.7. The highest BCUT2D eigenvalue weighted by atomic mass is 16.4. The first-order valence-electron chi connectivity index (χ1n) is 15.8. The molecule has 9 unspecified atom stereocenters. The maximum atomic E-state index is 11.3. The molecule has 5 aliphatic carbocycles. The third-order valence-electron chi connectivity index (χ3n) is 14.3. The number of carboxylic acids is 1. The molecule has 218 valence electrons. The first-order valence-corrected chi connectivity index (χ1v) is 15.8. The molecule has 0 aliphatic heterocycles. The van der Waals surface area contributed by atoms with Crippen molar-refractivity contribution in [1.29, 1.82) is 0 Å². The van der Waals surface area contributed by atoms with E-state index in [2.05, 4.69) is 64.2 Å². The molecule has 0 amide bonds. The number of rotatable bonds is 4. The third kappa shape index (κ3) is 3.51. The van der Waals surface area contributed by atoms with Gasteiger partial charge in [0.2, 0.25) is 5.82 Å². The Morgan fingerprint density at radius 3 is 2.27 bits per heavy atom. The van der Waals surface area contributed by atoms with E-state index >= 15 is 0 Å². The second kappa shape index (κ2) is 8.99. The van der Waals surface area contributed by atoms with Crippen LogP contribution in [0.15, 0.2) is 30.6 Å². The quantitative estimate of drug-likeness (QED) is 0.376. The van der Waals surface area contributed by atoms with Crippen molar-refractivity contribution in [3.8, 4) is 0 Å². The topological polar surface area (TPSA) is 83.3 Å². The number of aliphatic hydroxyl groups excluding tert-OH is 1. The Balaban J connectivity index is 1.36. The van der Waals surface area contributed by atoms with E-state index in [1.54, 1.807) is 12.4 Å². The first kappa shape index (κ1) is 28.1. The number of hydrogen-bond donors (Lipinski definition) is 2. The lowest BCUT2D eigenvalue weighted by molar-refractivity contribution is -0.228. The van der Waals surface area contributed by atoms with Crippen LogP contribution < -0.4 is 0 Å². The Hall–Kier alpha value is -2.01. The van der Waals surface area contributed by atoms with E-state index in [1.165, 1.54) is 49.7 Å². The fourth-order valence-electron chi connectivity index (χ4n) is 12.2. The molecule has 6 rings (SSSR count). The van der Waals surface area contributed by atoms with Gasteiger partial charge in [-0.25, -0.2) is 14.8 Å². The lowest BCUT2D eigenvalue weighted by Gasteiger charge is -2.72. The number of carbonyl (C=O) groups is 1. The van der Waals surface area contributed by atoms with Crippen molar-refractivity contribution < 1.29 is 15.0 Å². The van der Waals surface area contributed by atoms with E-state index in [1.807, 2.05) is 0 Å². The molecular formula is C35H50N2O3. The normalized spacial score (nSPS) is 45.4. The molecule has 0 bridgehead atoms. The molecule has 0 spiro atoms. The van der Waals surface area contributed by atoms with Gasteiger partial charge in [0.1, 0.15) is 0 Å². The van der Waals surface area contributed by atoms with E-state index in [0.29, 0.717) is 36.2 Å². The van der Waals surface area contributed by atoms with Gasteiger partial charge in [-0.05, 0) is 127 Å². The third-order valence-corrected chi connectivity index (χ3v) is 14.3. The lowest BCUT2D eigenvalue weighted by atomic mass is 9.32. The second-order valence-corrected chi connectivity index (χ2v) is 15.9. The van der Waals surface area contributed by atoms with Crippen LogP contribution in [-0.2, 0) is 0 Å². The summed E-state index contributed by atoms with van der Waals surface area (Å²) in [6.45, 7) is 19.7. The molecule has 1 heterocycles. The molecule has 1 aromatic rings. The summed E-state index contributed by atoms with van der Waals surface area (Å²) in [6, 6.07) is 0. The summed E-state index contributed by atoms with van der Waals surface area (Å²) in [6.07, 6.45) is 16.7. The van der Waals surface area contributed by atoms with Crippen molar-refractivity contribution in [1.82, 2.24) is 9.97 Å². The van der Waals surface area contributed by atoms with Crippen LogP contribution in [-0.4, -0.2) is 32.8 Å². The van der Waals surface area contributed by atoms with Gasteiger partial charge in [-0.2, -0.15) is 0 Å². The van der Waals surface area contributed by atoms with Crippen LogP contribution in [0.3, 0.4) is 0 Å². The largest absolute Gasteiger partial charge is 0.475 e. The molecule has 4 saturated carbocycles. The zero-order valence-electron chi connectivity index (χ0n) is 25.6. The van der Waals surface area contributed by atoms with Crippen LogP contribution >= 0.6 is 0 Å². The number of aromatic nitrogens is 2. The summed E-state index contributed by atoms with van der Waals surface area (Å²) < 4.78 is 0. The summed E-state index contributed by atoms with van der Waals surface area (Å²) in [5.74, 6) is 1.76. The van der Waals surface area contributed by atoms with Crippen LogP contribution in [0.2, 0.25) is 0 Å². The number of fused-ring (bicyclic) bond motifs is 7. The molecule has 40 heavy (non-hydrogen) atoms. The van der Waals surface area contributed by atoms with E-state index in [4.69, 9.17) is 0 Å². The van der Waals surface area contributed by atoms with Crippen LogP contribution in [0.1, 0.15) is 116 Å². The lowest BCUT2D eigenvalue weighted by Crippen LogP contribution is -2.65. The number of nitrogens with zero attached hydrogens (tertiary/aromatic N) is 2. The standard InChI is InChI=1S/C35H50N2O3/c1-21(2)23-10-15-35(20-38)17-16-33(6)25(28(23)35)8-9-27-32(5)13-11-24(22-18-36-29(30(39)40)37-19-22)31(3,4)26(32)12-14-34(27,33)7/h11,18-19,23,25-28,38H,1,8-10,12-17,20H2,2-7H3,(H,39,40). The van der Waals surface area contributed by atoms with Crippen LogP contribution in [0.5, 0.6) is 0 Å². The van der Waals surface area contributed by atoms with Crippen molar-refractivity contribution >= 4 is 11.5 Å². The number of hydrogen-bond acceptors (Lipinski definition) is 4. The van der Waals surface area contributed by atoms with Crippen molar-refractivity contribution in [3.63, 3.8) is 0 Å². The number of aliphatic hydroxyl groups is 1. The maximum Gasteiger partial charge on any atom is 0.373 e. The predicted octanol–water partition coefficient (Wildman–Crippen LogP) is 7.82. The van der Waals surface area contributed by atoms with Crippen molar-refractivity contribution in [2.75, 3.05) is 6.61 Å². The molecule has 0 saturated heterocycles. The fourth-order valence-corrected chi connectivity index (χ4v) is 12.2. The van der Waals surface area contributed by atoms with Crippen LogP contribution in [0.25, 0.3) is 5.57 Å². The van der Waals surface area contributed by atoms with Gasteiger partial charge in [0, 0.05) is 24.6 Å². The minimum atomic E-state index is -1.09. The monoisotopic (exact) mass is 546 g/mol. The van der Waals surface area contributed by atoms with Gasteiger partial charge in [0.25, 0.3) is 0 Å². The summed E-state index contributed by atoms with van der Waals surface area (Å²) in [5, 5.41) is 20.0. The average molecular weight is 547 g/mol. The predicted molar refractivity (Wildman–Crippen MR) is 158 cm³/mol. The molecule has 0 aromatic carbocycles. The van der Waals surface area contributed by atoms with Gasteiger partial charge in [-0.1, -0.05) is 52.8 Å². The van der Waals surface area contributed by atoms with Gasteiger partial charge in [-0.15, -0.1) is 0 Å². The van der Waals surface area contributed by atoms with Gasteiger partial charge >= 0.3 is 5.97 Å². The molecule has 5 aliphatic rings. The van der Waals surface area contributed by atoms with E-state index in [9.17, 15) is 15.0 Å². The molecule has 9 atom stereocenters. The highest BCUT2D eigenvalue weighted by Crippen LogP contribution is 2.77. The summed E-state index contributed by atoms with van der Waals surface area (Å²) in [7, 11) is 0. The maximum absolute atomic E-state index is 11.3. The zero-order chi connectivity index (χ0) is 28.9. The number of aromatic carboxylic acids is 1. The second-order valence-electron chi connectivity index (χ2n) is 15.9. The minimum Gasteiger partial charge on any atom is -0.475 e. The number of allylic oxidation sites excluding steroid dienone is 3. The molecular weight excluding hydrogens is 496 g/mol. The van der Waals surface area contributed by atoms with E-state index < -0.39 is 5.97 Å². The molecule has 0 radical (unpaired) electrons. The highest BCUT2D eigenvalue weighted by Gasteiger charge is 2.70. The van der Waals surface area contributed by atoms with E-state index in [0.717, 1.165) is 24.8 Å². The summed E-state index contributed by atoms with van der Waals surface area (Å²) in [4.78, 5) is 19.6. The minimum absolute atomic E-state index is 0.0463. The molecule has 1 aromatic heterocycles. The SMILES string of the molecule is C=C(C)C1CCC2(CO)CCC3(C)C(CCC4C5(C)CC=C(c6cnc(C(=O)O)nc6)C(C)(C)C5CCC43C)C12. The Morgan fingerprint density at radius 2 is 1.65 bits per heavy atom. The Morgan fingerprint density at radius 1 is 0.950 bits per heavy atom. The van der Waals surface area contributed by atoms with Gasteiger partial charge in [0.15, 0.2) is 0 Å². The number of carboxylic acid groups (broad SMARTS) is 1. The van der Waals surface area contributed by atoms with Crippen molar-refractivity contribution in [3.05, 3.63) is 42.0 Å². The molecule has 4 fully saturated rings. The average Bonchev–Trinajstić information content (AvgIpc) is 3.29. The van der Waals surface area contributed by atoms with Gasteiger partial charge in [0.05, 0.1) is 0 Å². The molecule has 5 nitrogen and oxygen atoms in total. The van der Waals surface area contributed by atoms with Gasteiger partial charge < -0.3 is 10.2 Å². The summed E-state index contributed by atoms with van der Waals surface area (Å²) in [5.41, 5.74) is 4.39. The highest BCUT2D eigenvalue weighted by molar-refractivity contribution is 5.83. The van der Waals surface area contributed by atoms with Crippen molar-refractivity contribution in [2.24, 2.45) is 56.7 Å².